The third kappa shape index (κ3) is 2.65. The largest absolute Gasteiger partial charge is 0.376 e. The van der Waals surface area contributed by atoms with Crippen molar-refractivity contribution in [1.29, 1.82) is 0 Å². The van der Waals surface area contributed by atoms with Gasteiger partial charge in [0.2, 0.25) is 0 Å². The van der Waals surface area contributed by atoms with Crippen LogP contribution in [0.1, 0.15) is 13.8 Å². The Balaban J connectivity index is 0.000000640. The Hall–Kier alpha value is 0.400. The summed E-state index contributed by atoms with van der Waals surface area (Å²) in [5.74, 6) is 0. The lowest BCUT2D eigenvalue weighted by Gasteiger charge is -2.26. The number of morpholine rings is 1. The second-order valence-electron chi connectivity index (χ2n) is 2.32. The number of rotatable bonds is 0. The highest BCUT2D eigenvalue weighted by atomic mass is 79.9. The summed E-state index contributed by atoms with van der Waals surface area (Å²) in [6, 6.07) is 0.531. The van der Waals surface area contributed by atoms with Crippen LogP contribution in [0, 0.1) is 0 Å². The normalized spacial score (nSPS) is 35.3. The lowest BCUT2D eigenvalue weighted by atomic mass is 10.2. The minimum Gasteiger partial charge on any atom is -0.376 e. The summed E-state index contributed by atoms with van der Waals surface area (Å²) in [6.07, 6.45) is 0.392. The van der Waals surface area contributed by atoms with Crippen LogP contribution in [-0.4, -0.2) is 25.3 Å². The van der Waals surface area contributed by atoms with E-state index in [1.807, 2.05) is 0 Å². The zero-order chi connectivity index (χ0) is 5.98. The molecule has 1 saturated heterocycles. The molecule has 0 aromatic carbocycles. The van der Waals surface area contributed by atoms with Crippen LogP contribution < -0.4 is 5.32 Å². The van der Waals surface area contributed by atoms with Gasteiger partial charge in [-0.25, -0.2) is 0 Å². The monoisotopic (exact) mass is 195 g/mol. The van der Waals surface area contributed by atoms with E-state index in [1.165, 1.54) is 0 Å². The van der Waals surface area contributed by atoms with Crippen molar-refractivity contribution in [1.82, 2.24) is 5.32 Å². The van der Waals surface area contributed by atoms with Gasteiger partial charge in [0.05, 0.1) is 12.7 Å². The van der Waals surface area contributed by atoms with Crippen molar-refractivity contribution >= 4 is 17.0 Å². The first-order valence-corrected chi connectivity index (χ1v) is 3.15. The summed E-state index contributed by atoms with van der Waals surface area (Å²) in [6.45, 7) is 6.11. The van der Waals surface area contributed by atoms with E-state index in [0.29, 0.717) is 12.1 Å². The molecule has 3 heteroatoms. The van der Waals surface area contributed by atoms with Gasteiger partial charge in [-0.15, -0.1) is 17.0 Å². The van der Waals surface area contributed by atoms with Crippen LogP contribution in [0.5, 0.6) is 0 Å². The van der Waals surface area contributed by atoms with E-state index in [0.717, 1.165) is 13.2 Å². The number of hydrogen-bond acceptors (Lipinski definition) is 2. The van der Waals surface area contributed by atoms with Gasteiger partial charge in [-0.1, -0.05) is 0 Å². The number of halogens is 1. The van der Waals surface area contributed by atoms with Crippen LogP contribution >= 0.6 is 17.0 Å². The minimum atomic E-state index is 0. The topological polar surface area (TPSA) is 21.3 Å². The smallest absolute Gasteiger partial charge is 0.0697 e. The standard InChI is InChI=1S/C6H13NO.BrH/c1-5-6(2)8-4-3-7-5;/h5-7H,3-4H2,1-2H3;1H/t5?,6-;/m1./s1. The van der Waals surface area contributed by atoms with Gasteiger partial charge in [0.1, 0.15) is 0 Å². The van der Waals surface area contributed by atoms with Crippen LogP contribution in [-0.2, 0) is 4.74 Å². The Bertz CT molecular complexity index is 69.5. The number of nitrogens with one attached hydrogen (secondary N) is 1. The maximum absolute atomic E-state index is 5.33. The van der Waals surface area contributed by atoms with Crippen LogP contribution in [0.25, 0.3) is 0 Å². The molecule has 0 spiro atoms. The number of ether oxygens (including phenoxy) is 1. The van der Waals surface area contributed by atoms with Crippen LogP contribution in [0.2, 0.25) is 0 Å². The summed E-state index contributed by atoms with van der Waals surface area (Å²) in [5.41, 5.74) is 0. The maximum atomic E-state index is 5.33. The first-order chi connectivity index (χ1) is 3.80. The third-order valence-electron chi connectivity index (χ3n) is 1.65. The predicted molar refractivity (Wildman–Crippen MR) is 43.2 cm³/mol. The molecule has 1 fully saturated rings. The van der Waals surface area contributed by atoms with Crippen molar-refractivity contribution in [3.8, 4) is 0 Å². The lowest BCUT2D eigenvalue weighted by molar-refractivity contribution is 0.0135. The second-order valence-corrected chi connectivity index (χ2v) is 2.32. The van der Waals surface area contributed by atoms with Gasteiger partial charge in [-0.3, -0.25) is 0 Å². The lowest BCUT2D eigenvalue weighted by Crippen LogP contribution is -2.44. The predicted octanol–water partition coefficient (Wildman–Crippen LogP) is 0.961. The summed E-state index contributed by atoms with van der Waals surface area (Å²) in [5, 5.41) is 3.31. The molecule has 1 unspecified atom stereocenters. The van der Waals surface area contributed by atoms with Gasteiger partial charge in [0.25, 0.3) is 0 Å². The van der Waals surface area contributed by atoms with E-state index in [4.69, 9.17) is 4.74 Å². The summed E-state index contributed by atoms with van der Waals surface area (Å²) < 4.78 is 5.33. The first-order valence-electron chi connectivity index (χ1n) is 3.15. The molecule has 2 atom stereocenters. The van der Waals surface area contributed by atoms with E-state index >= 15 is 0 Å². The molecular formula is C6H14BrNO. The molecular weight excluding hydrogens is 182 g/mol. The summed E-state index contributed by atoms with van der Waals surface area (Å²) >= 11 is 0. The van der Waals surface area contributed by atoms with E-state index in [1.54, 1.807) is 0 Å². The van der Waals surface area contributed by atoms with Gasteiger partial charge < -0.3 is 10.1 Å². The Labute approximate surface area is 66.7 Å². The van der Waals surface area contributed by atoms with Crippen molar-refractivity contribution in [2.75, 3.05) is 13.2 Å². The molecule has 56 valence electrons. The van der Waals surface area contributed by atoms with Crippen molar-refractivity contribution in [2.45, 2.75) is 26.0 Å². The van der Waals surface area contributed by atoms with E-state index in [-0.39, 0.29) is 17.0 Å². The molecule has 1 aliphatic heterocycles. The summed E-state index contributed by atoms with van der Waals surface area (Å²) in [4.78, 5) is 0. The van der Waals surface area contributed by atoms with Crippen molar-refractivity contribution < 1.29 is 4.74 Å². The molecule has 1 aliphatic rings. The fourth-order valence-corrected chi connectivity index (χ4v) is 0.842. The molecule has 1 heterocycles. The Morgan fingerprint density at radius 2 is 2.11 bits per heavy atom. The third-order valence-corrected chi connectivity index (χ3v) is 1.65. The molecule has 0 radical (unpaired) electrons. The second kappa shape index (κ2) is 4.25. The quantitative estimate of drug-likeness (QED) is 0.623. The molecule has 9 heavy (non-hydrogen) atoms. The van der Waals surface area contributed by atoms with Gasteiger partial charge in [0, 0.05) is 12.6 Å². The molecule has 0 aromatic heterocycles. The zero-order valence-electron chi connectivity index (χ0n) is 5.89. The van der Waals surface area contributed by atoms with Crippen LogP contribution in [0.3, 0.4) is 0 Å². The highest BCUT2D eigenvalue weighted by molar-refractivity contribution is 8.93. The van der Waals surface area contributed by atoms with E-state index < -0.39 is 0 Å². The molecule has 0 aliphatic carbocycles. The Morgan fingerprint density at radius 1 is 1.44 bits per heavy atom. The van der Waals surface area contributed by atoms with Crippen molar-refractivity contribution in [2.24, 2.45) is 0 Å². The fraction of sp³-hybridized carbons (Fsp3) is 1.00. The number of hydrogen-bond donors (Lipinski definition) is 1. The van der Waals surface area contributed by atoms with Gasteiger partial charge >= 0.3 is 0 Å². The molecule has 0 amide bonds. The van der Waals surface area contributed by atoms with Crippen LogP contribution in [0.4, 0.5) is 0 Å². The molecule has 2 nitrogen and oxygen atoms in total. The van der Waals surface area contributed by atoms with Crippen molar-refractivity contribution in [3.63, 3.8) is 0 Å². The van der Waals surface area contributed by atoms with E-state index in [2.05, 4.69) is 19.2 Å². The average Bonchev–Trinajstić information content (AvgIpc) is 1.77. The Morgan fingerprint density at radius 3 is 2.44 bits per heavy atom. The average molecular weight is 196 g/mol. The zero-order valence-corrected chi connectivity index (χ0v) is 7.60. The van der Waals surface area contributed by atoms with Crippen LogP contribution in [0.15, 0.2) is 0 Å². The Kier molecular flexibility index (Phi) is 4.44. The molecule has 0 aromatic rings. The molecule has 0 bridgehead atoms. The molecule has 0 saturated carbocycles. The maximum Gasteiger partial charge on any atom is 0.0697 e. The minimum absolute atomic E-state index is 0. The van der Waals surface area contributed by atoms with Crippen molar-refractivity contribution in [3.05, 3.63) is 0 Å². The fourth-order valence-electron chi connectivity index (χ4n) is 0.842. The van der Waals surface area contributed by atoms with Gasteiger partial charge in [-0.2, -0.15) is 0 Å². The van der Waals surface area contributed by atoms with E-state index in [9.17, 15) is 0 Å². The highest BCUT2D eigenvalue weighted by Gasteiger charge is 2.15. The molecule has 1 N–H and O–H groups in total. The SMILES string of the molecule is Br.CC1NCCO[C@@H]1C. The first kappa shape index (κ1) is 9.40. The highest BCUT2D eigenvalue weighted by Crippen LogP contribution is 2.00. The molecule has 1 rings (SSSR count). The van der Waals surface area contributed by atoms with Gasteiger partial charge in [0.15, 0.2) is 0 Å². The summed E-state index contributed by atoms with van der Waals surface area (Å²) in [7, 11) is 0. The van der Waals surface area contributed by atoms with Gasteiger partial charge in [-0.05, 0) is 13.8 Å².